The summed E-state index contributed by atoms with van der Waals surface area (Å²) in [5, 5.41) is 11.3. The standard InChI is InChI=1S/C12H19BrN2O2S/c1-8-6-17-10(5-16)4-15(8)11(3-14)12-2-9(13)7-18-12/h2,7-8,10-11,16H,3-6,14H2,1H3. The Morgan fingerprint density at radius 2 is 2.50 bits per heavy atom. The van der Waals surface area contributed by atoms with Crippen molar-refractivity contribution in [2.45, 2.75) is 25.1 Å². The third-order valence-electron chi connectivity index (χ3n) is 3.30. The van der Waals surface area contributed by atoms with Crippen LogP contribution in [-0.4, -0.2) is 48.5 Å². The lowest BCUT2D eigenvalue weighted by atomic mass is 10.1. The van der Waals surface area contributed by atoms with Crippen LogP contribution in [0.25, 0.3) is 0 Å². The number of aliphatic hydroxyl groups is 1. The summed E-state index contributed by atoms with van der Waals surface area (Å²) in [6, 6.07) is 2.65. The highest BCUT2D eigenvalue weighted by Crippen LogP contribution is 2.31. The molecule has 3 atom stereocenters. The van der Waals surface area contributed by atoms with Crippen molar-refractivity contribution in [3.63, 3.8) is 0 Å². The molecule has 0 bridgehead atoms. The van der Waals surface area contributed by atoms with E-state index in [2.05, 4.69) is 39.2 Å². The molecule has 0 spiro atoms. The van der Waals surface area contributed by atoms with Crippen molar-refractivity contribution in [2.75, 3.05) is 26.3 Å². The van der Waals surface area contributed by atoms with Gasteiger partial charge in [-0.3, -0.25) is 4.90 Å². The molecule has 1 aromatic heterocycles. The number of hydrogen-bond donors (Lipinski definition) is 2. The summed E-state index contributed by atoms with van der Waals surface area (Å²) in [6.07, 6.45) is -0.0985. The lowest BCUT2D eigenvalue weighted by Crippen LogP contribution is -2.52. The number of aliphatic hydroxyl groups excluding tert-OH is 1. The molecule has 0 aromatic carbocycles. The van der Waals surface area contributed by atoms with Crippen LogP contribution in [0.1, 0.15) is 17.8 Å². The Morgan fingerprint density at radius 1 is 1.72 bits per heavy atom. The molecule has 102 valence electrons. The average Bonchev–Trinajstić information content (AvgIpc) is 2.79. The van der Waals surface area contributed by atoms with Crippen molar-refractivity contribution in [3.05, 3.63) is 20.8 Å². The quantitative estimate of drug-likeness (QED) is 0.877. The van der Waals surface area contributed by atoms with Crippen LogP contribution >= 0.6 is 27.3 Å². The van der Waals surface area contributed by atoms with Gasteiger partial charge in [0, 0.05) is 33.9 Å². The number of morpholine rings is 1. The molecular weight excluding hydrogens is 316 g/mol. The van der Waals surface area contributed by atoms with E-state index in [0.29, 0.717) is 19.2 Å². The SMILES string of the molecule is CC1COC(CO)CN1C(CN)c1cc(Br)cs1. The minimum Gasteiger partial charge on any atom is -0.394 e. The van der Waals surface area contributed by atoms with Gasteiger partial charge in [0.1, 0.15) is 0 Å². The topological polar surface area (TPSA) is 58.7 Å². The van der Waals surface area contributed by atoms with E-state index in [1.165, 1.54) is 4.88 Å². The first-order chi connectivity index (χ1) is 8.65. The second-order valence-electron chi connectivity index (χ2n) is 4.60. The van der Waals surface area contributed by atoms with Gasteiger partial charge < -0.3 is 15.6 Å². The molecule has 1 saturated heterocycles. The van der Waals surface area contributed by atoms with Gasteiger partial charge in [-0.2, -0.15) is 0 Å². The summed E-state index contributed by atoms with van der Waals surface area (Å²) in [4.78, 5) is 3.60. The average molecular weight is 335 g/mol. The molecule has 2 heterocycles. The second-order valence-corrected chi connectivity index (χ2v) is 6.46. The van der Waals surface area contributed by atoms with E-state index in [1.54, 1.807) is 11.3 Å². The largest absolute Gasteiger partial charge is 0.394 e. The third-order valence-corrected chi connectivity index (χ3v) is 5.09. The molecule has 3 unspecified atom stereocenters. The Labute approximate surface area is 120 Å². The molecule has 18 heavy (non-hydrogen) atoms. The molecule has 0 radical (unpaired) electrons. The zero-order valence-electron chi connectivity index (χ0n) is 10.4. The molecule has 1 aliphatic heterocycles. The number of halogens is 1. The molecule has 1 aliphatic rings. The number of nitrogens with two attached hydrogens (primary N) is 1. The number of ether oxygens (including phenoxy) is 1. The Morgan fingerprint density at radius 3 is 3.06 bits per heavy atom. The lowest BCUT2D eigenvalue weighted by Gasteiger charge is -2.41. The zero-order valence-corrected chi connectivity index (χ0v) is 12.8. The highest BCUT2D eigenvalue weighted by atomic mass is 79.9. The molecule has 4 nitrogen and oxygen atoms in total. The van der Waals surface area contributed by atoms with Gasteiger partial charge in [0.25, 0.3) is 0 Å². The fourth-order valence-electron chi connectivity index (χ4n) is 2.30. The van der Waals surface area contributed by atoms with Crippen molar-refractivity contribution in [2.24, 2.45) is 5.73 Å². The molecule has 0 saturated carbocycles. The first-order valence-corrected chi connectivity index (χ1v) is 7.75. The molecule has 1 aromatic rings. The Bertz CT molecular complexity index is 388. The van der Waals surface area contributed by atoms with E-state index < -0.39 is 0 Å². The highest BCUT2D eigenvalue weighted by Gasteiger charge is 2.31. The van der Waals surface area contributed by atoms with Crippen LogP contribution in [-0.2, 0) is 4.74 Å². The maximum Gasteiger partial charge on any atom is 0.0933 e. The zero-order chi connectivity index (χ0) is 13.1. The summed E-state index contributed by atoms with van der Waals surface area (Å²) in [6.45, 7) is 4.16. The van der Waals surface area contributed by atoms with Gasteiger partial charge in [-0.15, -0.1) is 11.3 Å². The Balaban J connectivity index is 2.15. The van der Waals surface area contributed by atoms with E-state index >= 15 is 0 Å². The minimum absolute atomic E-state index is 0.0641. The summed E-state index contributed by atoms with van der Waals surface area (Å²) in [5.74, 6) is 0. The summed E-state index contributed by atoms with van der Waals surface area (Å²) in [5.41, 5.74) is 5.94. The maximum atomic E-state index is 9.24. The minimum atomic E-state index is -0.0985. The van der Waals surface area contributed by atoms with Crippen molar-refractivity contribution >= 4 is 27.3 Å². The van der Waals surface area contributed by atoms with Gasteiger partial charge >= 0.3 is 0 Å². The fraction of sp³-hybridized carbons (Fsp3) is 0.667. The van der Waals surface area contributed by atoms with Crippen molar-refractivity contribution in [1.82, 2.24) is 4.90 Å². The third kappa shape index (κ3) is 3.12. The number of rotatable bonds is 4. The van der Waals surface area contributed by atoms with E-state index in [-0.39, 0.29) is 18.8 Å². The van der Waals surface area contributed by atoms with Crippen molar-refractivity contribution in [3.8, 4) is 0 Å². The summed E-state index contributed by atoms with van der Waals surface area (Å²) < 4.78 is 6.66. The smallest absolute Gasteiger partial charge is 0.0933 e. The predicted molar refractivity (Wildman–Crippen MR) is 76.8 cm³/mol. The molecule has 6 heteroatoms. The first-order valence-electron chi connectivity index (χ1n) is 6.08. The Hall–Kier alpha value is 0.0200. The van der Waals surface area contributed by atoms with E-state index in [9.17, 15) is 5.11 Å². The van der Waals surface area contributed by atoms with Crippen LogP contribution in [0.4, 0.5) is 0 Å². The molecule has 0 amide bonds. The second kappa shape index (κ2) is 6.45. The molecule has 2 rings (SSSR count). The van der Waals surface area contributed by atoms with Crippen LogP contribution in [0.3, 0.4) is 0 Å². The van der Waals surface area contributed by atoms with Crippen LogP contribution in [0.2, 0.25) is 0 Å². The maximum absolute atomic E-state index is 9.24. The highest BCUT2D eigenvalue weighted by molar-refractivity contribution is 9.10. The van der Waals surface area contributed by atoms with Crippen LogP contribution in [0.5, 0.6) is 0 Å². The molecular formula is C12H19BrN2O2S. The first kappa shape index (κ1) is 14.4. The Kier molecular flexibility index (Phi) is 5.17. The summed E-state index contributed by atoms with van der Waals surface area (Å²) >= 11 is 5.20. The van der Waals surface area contributed by atoms with Gasteiger partial charge in [0.15, 0.2) is 0 Å². The van der Waals surface area contributed by atoms with Gasteiger partial charge in [-0.25, -0.2) is 0 Å². The van der Waals surface area contributed by atoms with Gasteiger partial charge in [-0.1, -0.05) is 0 Å². The normalized spacial score (nSPS) is 27.3. The number of thiophene rings is 1. The molecule has 1 fully saturated rings. The lowest BCUT2D eigenvalue weighted by molar-refractivity contribution is -0.0903. The van der Waals surface area contributed by atoms with Crippen molar-refractivity contribution < 1.29 is 9.84 Å². The molecule has 3 N–H and O–H groups in total. The van der Waals surface area contributed by atoms with Gasteiger partial charge in [0.05, 0.1) is 25.4 Å². The monoisotopic (exact) mass is 334 g/mol. The van der Waals surface area contributed by atoms with Gasteiger partial charge in [-0.05, 0) is 28.9 Å². The van der Waals surface area contributed by atoms with Crippen LogP contribution in [0.15, 0.2) is 15.9 Å². The van der Waals surface area contributed by atoms with E-state index in [1.807, 2.05) is 0 Å². The number of hydrogen-bond acceptors (Lipinski definition) is 5. The summed E-state index contributed by atoms with van der Waals surface area (Å²) in [7, 11) is 0. The van der Waals surface area contributed by atoms with Crippen LogP contribution < -0.4 is 5.73 Å². The molecule has 0 aliphatic carbocycles. The van der Waals surface area contributed by atoms with Crippen molar-refractivity contribution in [1.29, 1.82) is 0 Å². The fourth-order valence-corrected chi connectivity index (χ4v) is 3.88. The van der Waals surface area contributed by atoms with E-state index in [0.717, 1.165) is 11.0 Å². The van der Waals surface area contributed by atoms with E-state index in [4.69, 9.17) is 10.5 Å². The predicted octanol–water partition coefficient (Wildman–Crippen LogP) is 1.59. The van der Waals surface area contributed by atoms with Crippen LogP contribution in [0, 0.1) is 0 Å². The van der Waals surface area contributed by atoms with Gasteiger partial charge in [0.2, 0.25) is 0 Å². The number of nitrogens with zero attached hydrogens (tertiary/aromatic N) is 1.